The maximum absolute atomic E-state index is 11.8. The molecule has 3 rings (SSSR count). The summed E-state index contributed by atoms with van der Waals surface area (Å²) in [4.78, 5) is 51.0. The number of halogens is 3. The number of ether oxygens (including phenoxy) is 3. The first-order chi connectivity index (χ1) is 23.4. The van der Waals surface area contributed by atoms with E-state index >= 15 is 0 Å². The summed E-state index contributed by atoms with van der Waals surface area (Å²) in [6.07, 6.45) is 5.56. The third-order valence-electron chi connectivity index (χ3n) is 8.02. The number of piperidine rings is 2. The van der Waals surface area contributed by atoms with Gasteiger partial charge in [0.25, 0.3) is 0 Å². The van der Waals surface area contributed by atoms with Crippen molar-refractivity contribution in [3.63, 3.8) is 0 Å². The zero-order valence-electron chi connectivity index (χ0n) is 33.8. The van der Waals surface area contributed by atoms with Gasteiger partial charge in [0, 0.05) is 70.6 Å². The van der Waals surface area contributed by atoms with Crippen molar-refractivity contribution in [1.82, 2.24) is 24.9 Å². The zero-order valence-corrected chi connectivity index (χ0v) is 36.1. The summed E-state index contributed by atoms with van der Waals surface area (Å²) in [5.41, 5.74) is -0.867. The maximum Gasteiger partial charge on any atom is 0.410 e. The van der Waals surface area contributed by atoms with E-state index in [-0.39, 0.29) is 18.2 Å². The normalized spacial score (nSPS) is 16.8. The van der Waals surface area contributed by atoms with Crippen LogP contribution in [0, 0.1) is 0 Å². The van der Waals surface area contributed by atoms with Crippen molar-refractivity contribution in [2.24, 2.45) is 0 Å². The van der Waals surface area contributed by atoms with E-state index in [9.17, 15) is 14.4 Å². The molecule has 302 valence electrons. The van der Waals surface area contributed by atoms with Crippen LogP contribution in [0.4, 0.5) is 19.2 Å². The Morgan fingerprint density at radius 1 is 0.765 bits per heavy atom. The Bertz CT molecular complexity index is 954. The van der Waals surface area contributed by atoms with E-state index in [4.69, 9.17) is 30.6 Å². The molecule has 51 heavy (non-hydrogen) atoms. The molecule has 0 atom stereocenters. The minimum absolute atomic E-state index is 0.105. The lowest BCUT2D eigenvalue weighted by atomic mass is 10.0. The highest BCUT2D eigenvalue weighted by Gasteiger charge is 2.29. The maximum atomic E-state index is 11.8. The second kappa shape index (κ2) is 27.1. The van der Waals surface area contributed by atoms with Gasteiger partial charge in [-0.2, -0.15) is 0 Å². The lowest BCUT2D eigenvalue weighted by Crippen LogP contribution is -2.47. The lowest BCUT2D eigenvalue weighted by molar-refractivity contribution is 0.0171. The molecule has 12 nitrogen and oxygen atoms in total. The first-order valence-corrected chi connectivity index (χ1v) is 19.3. The average Bonchev–Trinajstić information content (AvgIpc) is 3.60. The highest BCUT2D eigenvalue weighted by molar-refractivity contribution is 6.93. The summed E-state index contributed by atoms with van der Waals surface area (Å²) >= 11 is 14.2. The average molecular weight is 791 g/mol. The summed E-state index contributed by atoms with van der Waals surface area (Å²) < 4.78 is 14.7. The molecule has 0 aromatic heterocycles. The summed E-state index contributed by atoms with van der Waals surface area (Å²) in [5, 5.41) is 2.78. The molecule has 0 radical (unpaired) electrons. The van der Waals surface area contributed by atoms with Gasteiger partial charge in [-0.3, -0.25) is 14.5 Å². The predicted molar refractivity (Wildman–Crippen MR) is 210 cm³/mol. The zero-order chi connectivity index (χ0) is 39.9. The van der Waals surface area contributed by atoms with Gasteiger partial charge in [0.05, 0.1) is 0 Å². The van der Waals surface area contributed by atoms with E-state index in [0.717, 1.165) is 58.5 Å². The van der Waals surface area contributed by atoms with E-state index in [1.807, 2.05) is 48.6 Å². The van der Waals surface area contributed by atoms with Gasteiger partial charge in [-0.25, -0.2) is 9.59 Å². The summed E-state index contributed by atoms with van der Waals surface area (Å²) in [5.74, 6) is 0. The van der Waals surface area contributed by atoms with Crippen LogP contribution in [0.25, 0.3) is 0 Å². The first kappa shape index (κ1) is 51.5. The quantitative estimate of drug-likeness (QED) is 0.215. The van der Waals surface area contributed by atoms with Crippen molar-refractivity contribution in [3.8, 4) is 0 Å². The lowest BCUT2D eigenvalue weighted by Gasteiger charge is -2.36. The molecule has 3 aliphatic rings. The van der Waals surface area contributed by atoms with E-state index < -0.39 is 21.3 Å². The fourth-order valence-electron chi connectivity index (χ4n) is 5.42. The Morgan fingerprint density at radius 2 is 1.12 bits per heavy atom. The molecule has 0 aromatic carbocycles. The predicted octanol–water partition coefficient (Wildman–Crippen LogP) is 8.79. The topological polar surface area (TPSA) is 121 Å². The molecular weight excluding hydrogens is 721 g/mol. The molecule has 0 aliphatic carbocycles. The summed E-state index contributed by atoms with van der Waals surface area (Å²) in [7, 11) is 3.65. The molecule has 3 saturated heterocycles. The minimum atomic E-state index is -0.889. The Hall–Kier alpha value is -1.57. The SMILES string of the molecule is C1CCOC1.CCN(C(C)C)C(C)C.CN(C(=O)Cl)C1CCN(C(=O)OC(C)(C)C)CC1.CNC1CCN(C(=O)OC(C)(C)C)CC1.O=C(Cl)Cl. The number of carbonyl (C=O) groups is 4. The van der Waals surface area contributed by atoms with E-state index in [1.54, 1.807) is 16.8 Å². The molecule has 0 spiro atoms. The number of hydrogen-bond donors (Lipinski definition) is 1. The Morgan fingerprint density at radius 3 is 1.33 bits per heavy atom. The van der Waals surface area contributed by atoms with Gasteiger partial charge in [0.2, 0.25) is 0 Å². The molecule has 0 unspecified atom stereocenters. The number of rotatable bonds is 5. The van der Waals surface area contributed by atoms with Crippen LogP contribution in [0.5, 0.6) is 0 Å². The third-order valence-corrected chi connectivity index (χ3v) is 8.28. The van der Waals surface area contributed by atoms with Crippen molar-refractivity contribution in [2.45, 2.75) is 150 Å². The van der Waals surface area contributed by atoms with Crippen LogP contribution in [-0.2, 0) is 14.2 Å². The van der Waals surface area contributed by atoms with Gasteiger partial charge >= 0.3 is 22.3 Å². The second-order valence-electron chi connectivity index (χ2n) is 15.2. The van der Waals surface area contributed by atoms with E-state index in [2.05, 4.69) is 68.0 Å². The van der Waals surface area contributed by atoms with Gasteiger partial charge in [-0.15, -0.1) is 0 Å². The third kappa shape index (κ3) is 27.7. The molecular formula is C36H70Cl3N5O7. The van der Waals surface area contributed by atoms with Crippen molar-refractivity contribution >= 4 is 57.1 Å². The van der Waals surface area contributed by atoms with Gasteiger partial charge in [-0.05, 0) is 156 Å². The molecule has 1 N–H and O–H groups in total. The van der Waals surface area contributed by atoms with Crippen LogP contribution in [0.1, 0.15) is 115 Å². The largest absolute Gasteiger partial charge is 0.444 e. The molecule has 3 heterocycles. The molecule has 3 fully saturated rings. The highest BCUT2D eigenvalue weighted by atomic mass is 35.5. The Labute approximate surface area is 324 Å². The fraction of sp³-hybridized carbons (Fsp3) is 0.889. The van der Waals surface area contributed by atoms with Crippen LogP contribution in [0.2, 0.25) is 0 Å². The fourth-order valence-corrected chi connectivity index (χ4v) is 5.56. The smallest absolute Gasteiger partial charge is 0.410 e. The van der Waals surface area contributed by atoms with Gasteiger partial charge in [0.15, 0.2) is 0 Å². The Balaban J connectivity index is 0. The van der Waals surface area contributed by atoms with Crippen molar-refractivity contribution in [2.75, 3.05) is 60.0 Å². The van der Waals surface area contributed by atoms with Gasteiger partial charge in [-0.1, -0.05) is 6.92 Å². The molecule has 0 aromatic rings. The van der Waals surface area contributed by atoms with Crippen molar-refractivity contribution in [3.05, 3.63) is 0 Å². The van der Waals surface area contributed by atoms with Crippen LogP contribution in [0.3, 0.4) is 0 Å². The molecule has 3 aliphatic heterocycles. The molecule has 0 saturated carbocycles. The first-order valence-electron chi connectivity index (χ1n) is 18.2. The Kier molecular flexibility index (Phi) is 27.4. The number of amides is 3. The minimum Gasteiger partial charge on any atom is -0.444 e. The second-order valence-corrected chi connectivity index (χ2v) is 16.4. The van der Waals surface area contributed by atoms with Crippen LogP contribution in [-0.4, -0.2) is 137 Å². The van der Waals surface area contributed by atoms with E-state index in [0.29, 0.717) is 31.2 Å². The van der Waals surface area contributed by atoms with Crippen LogP contribution < -0.4 is 5.32 Å². The number of likely N-dealkylation sites (tertiary alicyclic amines) is 2. The van der Waals surface area contributed by atoms with Gasteiger partial charge in [0.1, 0.15) is 11.2 Å². The number of nitrogens with one attached hydrogen (secondary N) is 1. The summed E-state index contributed by atoms with van der Waals surface area (Å²) in [6, 6.07) is 2.03. The molecule has 15 heteroatoms. The van der Waals surface area contributed by atoms with Crippen molar-refractivity contribution in [1.29, 1.82) is 0 Å². The number of hydrogen-bond acceptors (Lipinski definition) is 9. The summed E-state index contributed by atoms with van der Waals surface area (Å²) in [6.45, 7) is 28.3. The standard InChI is InChI=1S/C12H21ClN2O3.C11H22N2O2.C8H19N.C4H8O.CCl2O/c1-12(2,3)18-11(17)15-7-5-9(6-8-15)14(4)10(13)16;1-11(2,3)15-10(14)13-7-5-9(12-4)6-8-13;1-6-9(7(2)3)8(4)5;1-2-4-5-3-1;2-1(3)4/h9H,5-8H2,1-4H3;9,12H,5-8H2,1-4H3;7-8H,6H2,1-5H3;1-4H2;. The van der Waals surface area contributed by atoms with E-state index in [1.165, 1.54) is 17.7 Å². The highest BCUT2D eigenvalue weighted by Crippen LogP contribution is 2.19. The van der Waals surface area contributed by atoms with Crippen LogP contribution >= 0.6 is 34.8 Å². The number of nitrogens with zero attached hydrogens (tertiary/aromatic N) is 4. The van der Waals surface area contributed by atoms with Gasteiger partial charge < -0.3 is 34.2 Å². The monoisotopic (exact) mass is 789 g/mol. The molecule has 3 amide bonds. The van der Waals surface area contributed by atoms with Crippen LogP contribution in [0.15, 0.2) is 0 Å². The van der Waals surface area contributed by atoms with Crippen molar-refractivity contribution < 1.29 is 33.4 Å². The number of carbonyl (C=O) groups excluding carboxylic acids is 4. The molecule has 0 bridgehead atoms.